The van der Waals surface area contributed by atoms with Crippen molar-refractivity contribution >= 4 is 39.0 Å². The smallest absolute Gasteiger partial charge is 0.159 e. The van der Waals surface area contributed by atoms with Crippen LogP contribution in [0.5, 0.6) is 0 Å². The van der Waals surface area contributed by atoms with Crippen molar-refractivity contribution in [2.75, 3.05) is 4.90 Å². The number of hydrogen-bond donors (Lipinski definition) is 0. The first-order chi connectivity index (χ1) is 28.3. The molecule has 0 fully saturated rings. The van der Waals surface area contributed by atoms with Gasteiger partial charge in [-0.3, -0.25) is 0 Å². The fourth-order valence-electron chi connectivity index (χ4n) is 9.95. The van der Waals surface area contributed by atoms with E-state index < -0.39 is 5.41 Å². The highest BCUT2D eigenvalue weighted by molar-refractivity contribution is 6.11. The lowest BCUT2D eigenvalue weighted by Crippen LogP contribution is -2.26. The van der Waals surface area contributed by atoms with E-state index in [9.17, 15) is 0 Å². The molecule has 2 nitrogen and oxygen atoms in total. The average Bonchev–Trinajstić information content (AvgIpc) is 3.92. The lowest BCUT2D eigenvalue weighted by molar-refractivity contribution is 0.669. The van der Waals surface area contributed by atoms with Gasteiger partial charge in [0.15, 0.2) is 5.58 Å². The first-order valence-electron chi connectivity index (χ1n) is 19.7. The van der Waals surface area contributed by atoms with Gasteiger partial charge in [-0.1, -0.05) is 176 Å². The van der Waals surface area contributed by atoms with Crippen LogP contribution in [0.3, 0.4) is 0 Å². The van der Waals surface area contributed by atoms with Crippen molar-refractivity contribution < 1.29 is 4.42 Å². The highest BCUT2D eigenvalue weighted by atomic mass is 16.3. The average molecular weight is 726 g/mol. The Morgan fingerprint density at radius 3 is 1.60 bits per heavy atom. The van der Waals surface area contributed by atoms with Crippen LogP contribution in [0.2, 0.25) is 0 Å². The zero-order valence-corrected chi connectivity index (χ0v) is 31.1. The maximum atomic E-state index is 6.82. The molecule has 0 aliphatic heterocycles. The minimum atomic E-state index is -0.463. The van der Waals surface area contributed by atoms with Crippen LogP contribution >= 0.6 is 0 Å². The van der Waals surface area contributed by atoms with Gasteiger partial charge >= 0.3 is 0 Å². The number of para-hydroxylation sites is 3. The fourth-order valence-corrected chi connectivity index (χ4v) is 9.95. The zero-order chi connectivity index (χ0) is 37.5. The van der Waals surface area contributed by atoms with Crippen LogP contribution < -0.4 is 4.90 Å². The van der Waals surface area contributed by atoms with Crippen molar-refractivity contribution in [1.29, 1.82) is 0 Å². The molecule has 0 saturated carbocycles. The minimum Gasteiger partial charge on any atom is -0.454 e. The van der Waals surface area contributed by atoms with E-state index in [1.807, 2.05) is 6.07 Å². The van der Waals surface area contributed by atoms with Gasteiger partial charge in [0, 0.05) is 22.0 Å². The normalized spacial score (nSPS) is 13.1. The third-order valence-corrected chi connectivity index (χ3v) is 12.3. The van der Waals surface area contributed by atoms with Crippen molar-refractivity contribution in [3.63, 3.8) is 0 Å². The van der Waals surface area contributed by atoms with E-state index in [0.717, 1.165) is 50.1 Å². The summed E-state index contributed by atoms with van der Waals surface area (Å²) in [5, 5.41) is 2.21. The summed E-state index contributed by atoms with van der Waals surface area (Å²) in [5.74, 6) is 0. The number of nitrogens with zero attached hydrogens (tertiary/aromatic N) is 1. The Bertz CT molecular complexity index is 3140. The molecule has 2 heteroatoms. The number of furan rings is 1. The van der Waals surface area contributed by atoms with Crippen molar-refractivity contribution in [2.24, 2.45) is 0 Å². The Labute approximate surface area is 331 Å². The van der Waals surface area contributed by atoms with Gasteiger partial charge in [-0.15, -0.1) is 0 Å². The second-order valence-electron chi connectivity index (χ2n) is 15.2. The molecule has 2 aliphatic rings. The molecule has 0 atom stereocenters. The van der Waals surface area contributed by atoms with Crippen LogP contribution in [0.25, 0.3) is 66.4 Å². The standard InChI is InChI=1S/C55H35NO/c1-2-16-36(17-3-1)37-18-14-19-38(34-37)40-20-7-12-29-51(40)56(52-30-15-25-46-45-24-8-13-31-53(45)57-54(46)52)39-32-33-44-43-23-6-11-28-49(43)55(50(44)35-39)47-26-9-4-21-41(47)42-22-5-10-27-48(42)55/h1-35H. The molecule has 0 radical (unpaired) electrons. The number of anilines is 3. The summed E-state index contributed by atoms with van der Waals surface area (Å²) in [6.07, 6.45) is 0. The molecule has 1 heterocycles. The Morgan fingerprint density at radius 1 is 0.333 bits per heavy atom. The third-order valence-electron chi connectivity index (χ3n) is 12.3. The van der Waals surface area contributed by atoms with Gasteiger partial charge in [0.25, 0.3) is 0 Å². The van der Waals surface area contributed by atoms with Crippen LogP contribution in [0, 0.1) is 0 Å². The summed E-state index contributed by atoms with van der Waals surface area (Å²) in [6.45, 7) is 0. The quantitative estimate of drug-likeness (QED) is 0.176. The van der Waals surface area contributed by atoms with Crippen LogP contribution in [-0.2, 0) is 5.41 Å². The van der Waals surface area contributed by atoms with Gasteiger partial charge in [0.05, 0.1) is 16.8 Å². The number of benzene rings is 9. The highest BCUT2D eigenvalue weighted by Crippen LogP contribution is 2.63. The summed E-state index contributed by atoms with van der Waals surface area (Å²) in [5.41, 5.74) is 19.5. The molecule has 2 aliphatic carbocycles. The van der Waals surface area contributed by atoms with Crippen LogP contribution in [0.15, 0.2) is 217 Å². The number of rotatable bonds is 5. The molecule has 266 valence electrons. The Balaban J connectivity index is 1.15. The maximum absolute atomic E-state index is 6.82. The lowest BCUT2D eigenvalue weighted by atomic mass is 9.70. The summed E-state index contributed by atoms with van der Waals surface area (Å²) in [7, 11) is 0. The van der Waals surface area contributed by atoms with E-state index in [1.54, 1.807) is 0 Å². The molecule has 0 saturated heterocycles. The van der Waals surface area contributed by atoms with E-state index in [1.165, 1.54) is 55.6 Å². The van der Waals surface area contributed by atoms with Gasteiger partial charge in [-0.25, -0.2) is 0 Å². The topological polar surface area (TPSA) is 16.4 Å². The Morgan fingerprint density at radius 2 is 0.860 bits per heavy atom. The van der Waals surface area contributed by atoms with Gasteiger partial charge in [-0.05, 0) is 97.6 Å². The Hall–Kier alpha value is -7.42. The molecule has 0 N–H and O–H groups in total. The first kappa shape index (κ1) is 31.9. The molecular weight excluding hydrogens is 691 g/mol. The second-order valence-corrected chi connectivity index (χ2v) is 15.2. The van der Waals surface area contributed by atoms with E-state index in [-0.39, 0.29) is 0 Å². The Kier molecular flexibility index (Phi) is 6.88. The van der Waals surface area contributed by atoms with E-state index in [2.05, 4.69) is 211 Å². The molecule has 9 aromatic carbocycles. The van der Waals surface area contributed by atoms with Crippen molar-refractivity contribution in [1.82, 2.24) is 0 Å². The molecule has 1 spiro atoms. The van der Waals surface area contributed by atoms with Crippen molar-refractivity contribution in [3.8, 4) is 44.5 Å². The summed E-state index contributed by atoms with van der Waals surface area (Å²) >= 11 is 0. The van der Waals surface area contributed by atoms with E-state index >= 15 is 0 Å². The molecule has 0 bridgehead atoms. The summed E-state index contributed by atoms with van der Waals surface area (Å²) in [6, 6.07) is 77.4. The van der Waals surface area contributed by atoms with Gasteiger partial charge in [0.2, 0.25) is 0 Å². The van der Waals surface area contributed by atoms with E-state index in [0.29, 0.717) is 0 Å². The fraction of sp³-hybridized carbons (Fsp3) is 0.0182. The monoisotopic (exact) mass is 725 g/mol. The molecule has 1 aromatic heterocycles. The maximum Gasteiger partial charge on any atom is 0.159 e. The van der Waals surface area contributed by atoms with Gasteiger partial charge < -0.3 is 9.32 Å². The number of hydrogen-bond acceptors (Lipinski definition) is 2. The van der Waals surface area contributed by atoms with Gasteiger partial charge in [-0.2, -0.15) is 0 Å². The highest BCUT2D eigenvalue weighted by Gasteiger charge is 2.51. The van der Waals surface area contributed by atoms with E-state index in [4.69, 9.17) is 4.42 Å². The minimum absolute atomic E-state index is 0.463. The molecule has 12 rings (SSSR count). The largest absolute Gasteiger partial charge is 0.454 e. The molecular formula is C55H35NO. The first-order valence-corrected chi connectivity index (χ1v) is 19.7. The molecule has 57 heavy (non-hydrogen) atoms. The molecule has 0 unspecified atom stereocenters. The van der Waals surface area contributed by atoms with Crippen molar-refractivity contribution in [2.45, 2.75) is 5.41 Å². The van der Waals surface area contributed by atoms with Gasteiger partial charge in [0.1, 0.15) is 5.58 Å². The van der Waals surface area contributed by atoms with Crippen molar-refractivity contribution in [3.05, 3.63) is 235 Å². The lowest BCUT2D eigenvalue weighted by Gasteiger charge is -2.32. The van der Waals surface area contributed by atoms with Crippen LogP contribution in [0.1, 0.15) is 22.3 Å². The zero-order valence-electron chi connectivity index (χ0n) is 31.1. The third kappa shape index (κ3) is 4.53. The van der Waals surface area contributed by atoms with Crippen LogP contribution in [0.4, 0.5) is 17.1 Å². The summed E-state index contributed by atoms with van der Waals surface area (Å²) < 4.78 is 6.82. The second kappa shape index (κ2) is 12.3. The number of fused-ring (bicyclic) bond motifs is 13. The predicted octanol–water partition coefficient (Wildman–Crippen LogP) is 14.7. The predicted molar refractivity (Wildman–Crippen MR) is 236 cm³/mol. The summed E-state index contributed by atoms with van der Waals surface area (Å²) in [4.78, 5) is 2.43. The SMILES string of the molecule is c1ccc(-c2cccc(-c3ccccc3N(c3ccc4c(c3)C3(c5ccccc5-c5ccccc53)c3ccccc3-4)c3cccc4c3oc3ccccc34)c2)cc1. The van der Waals surface area contributed by atoms with Crippen LogP contribution in [-0.4, -0.2) is 0 Å². The molecule has 0 amide bonds. The molecule has 10 aromatic rings.